The van der Waals surface area contributed by atoms with Gasteiger partial charge in [0.2, 0.25) is 0 Å². The molecule has 0 aliphatic heterocycles. The molecular formula is C22H24FNO4. The minimum atomic E-state index is -1.29. The number of carbonyl (C=O) groups is 2. The van der Waals surface area contributed by atoms with Gasteiger partial charge in [-0.25, -0.2) is 14.0 Å². The molecule has 1 aliphatic carbocycles. The number of hydrogen-bond acceptors (Lipinski definition) is 3. The van der Waals surface area contributed by atoms with Gasteiger partial charge in [0, 0.05) is 12.6 Å². The number of rotatable bonds is 5. The second kappa shape index (κ2) is 7.62. The summed E-state index contributed by atoms with van der Waals surface area (Å²) in [7, 11) is 0. The molecule has 2 aromatic rings. The van der Waals surface area contributed by atoms with Crippen LogP contribution in [0, 0.1) is 5.82 Å². The van der Waals surface area contributed by atoms with Crippen LogP contribution in [0.4, 0.5) is 9.18 Å². The SMILES string of the molecule is CC(C)(C)OC(=O)N(Cc1ccc(-c2ccc(C(=O)O)c(F)c2)cc1)C1CC1. The molecule has 1 fully saturated rings. The molecule has 0 bridgehead atoms. The Balaban J connectivity index is 1.74. The van der Waals surface area contributed by atoms with E-state index in [4.69, 9.17) is 9.84 Å². The van der Waals surface area contributed by atoms with Crippen molar-refractivity contribution in [3.8, 4) is 11.1 Å². The molecule has 0 radical (unpaired) electrons. The highest BCUT2D eigenvalue weighted by molar-refractivity contribution is 5.88. The van der Waals surface area contributed by atoms with Crippen LogP contribution in [0.1, 0.15) is 49.5 Å². The highest BCUT2D eigenvalue weighted by Gasteiger charge is 2.35. The minimum Gasteiger partial charge on any atom is -0.478 e. The van der Waals surface area contributed by atoms with Crippen molar-refractivity contribution in [1.29, 1.82) is 0 Å². The topological polar surface area (TPSA) is 66.8 Å². The summed E-state index contributed by atoms with van der Waals surface area (Å²) in [6.45, 7) is 5.99. The van der Waals surface area contributed by atoms with E-state index in [0.717, 1.165) is 24.0 Å². The largest absolute Gasteiger partial charge is 0.478 e. The fraction of sp³-hybridized carbons (Fsp3) is 0.364. The Bertz CT molecular complexity index is 882. The Morgan fingerprint density at radius 2 is 1.71 bits per heavy atom. The monoisotopic (exact) mass is 385 g/mol. The molecule has 0 unspecified atom stereocenters. The van der Waals surface area contributed by atoms with Gasteiger partial charge < -0.3 is 14.7 Å². The van der Waals surface area contributed by atoms with Crippen LogP contribution >= 0.6 is 0 Å². The Morgan fingerprint density at radius 3 is 2.21 bits per heavy atom. The molecule has 0 aromatic heterocycles. The lowest BCUT2D eigenvalue weighted by Crippen LogP contribution is -2.37. The zero-order valence-corrected chi connectivity index (χ0v) is 16.2. The van der Waals surface area contributed by atoms with Gasteiger partial charge in [-0.2, -0.15) is 0 Å². The maximum Gasteiger partial charge on any atom is 0.410 e. The van der Waals surface area contributed by atoms with Crippen LogP contribution in [0.3, 0.4) is 0 Å². The number of carboxylic acids is 1. The second-order valence-corrected chi connectivity index (χ2v) is 8.04. The third-order valence-corrected chi connectivity index (χ3v) is 4.46. The van der Waals surface area contributed by atoms with E-state index in [0.29, 0.717) is 12.1 Å². The minimum absolute atomic E-state index is 0.215. The van der Waals surface area contributed by atoms with Crippen molar-refractivity contribution in [2.45, 2.75) is 51.8 Å². The molecule has 28 heavy (non-hydrogen) atoms. The van der Waals surface area contributed by atoms with Crippen molar-refractivity contribution in [3.63, 3.8) is 0 Å². The third kappa shape index (κ3) is 4.88. The second-order valence-electron chi connectivity index (χ2n) is 8.04. The molecule has 0 spiro atoms. The molecule has 1 N–H and O–H groups in total. The van der Waals surface area contributed by atoms with E-state index in [1.54, 1.807) is 11.0 Å². The molecule has 0 atom stereocenters. The number of aromatic carboxylic acids is 1. The van der Waals surface area contributed by atoms with E-state index >= 15 is 0 Å². The number of nitrogens with zero attached hydrogens (tertiary/aromatic N) is 1. The normalized spacial score (nSPS) is 13.9. The quantitative estimate of drug-likeness (QED) is 0.778. The van der Waals surface area contributed by atoms with Gasteiger partial charge in [-0.1, -0.05) is 30.3 Å². The Morgan fingerprint density at radius 1 is 1.11 bits per heavy atom. The first-order valence-corrected chi connectivity index (χ1v) is 9.26. The van der Waals surface area contributed by atoms with E-state index in [1.165, 1.54) is 12.1 Å². The number of halogens is 1. The molecule has 0 heterocycles. The molecule has 1 aliphatic rings. The predicted octanol–water partition coefficient (Wildman–Crippen LogP) is 5.09. The van der Waals surface area contributed by atoms with Crippen molar-refractivity contribution >= 4 is 12.1 Å². The first-order valence-electron chi connectivity index (χ1n) is 9.26. The van der Waals surface area contributed by atoms with Gasteiger partial charge in [0.25, 0.3) is 0 Å². The smallest absolute Gasteiger partial charge is 0.410 e. The van der Waals surface area contributed by atoms with E-state index in [-0.39, 0.29) is 17.7 Å². The fourth-order valence-electron chi connectivity index (χ4n) is 2.92. The van der Waals surface area contributed by atoms with Gasteiger partial charge in [-0.05, 0) is 62.4 Å². The zero-order valence-electron chi connectivity index (χ0n) is 16.2. The lowest BCUT2D eigenvalue weighted by atomic mass is 10.0. The third-order valence-electron chi connectivity index (χ3n) is 4.46. The summed E-state index contributed by atoms with van der Waals surface area (Å²) < 4.78 is 19.4. The number of benzene rings is 2. The van der Waals surface area contributed by atoms with Gasteiger partial charge in [0.15, 0.2) is 0 Å². The lowest BCUT2D eigenvalue weighted by molar-refractivity contribution is 0.0216. The molecule has 2 aromatic carbocycles. The Labute approximate surface area is 163 Å². The molecule has 5 nitrogen and oxygen atoms in total. The highest BCUT2D eigenvalue weighted by Crippen LogP contribution is 2.30. The van der Waals surface area contributed by atoms with Crippen LogP contribution in [0.2, 0.25) is 0 Å². The molecule has 148 valence electrons. The van der Waals surface area contributed by atoms with E-state index < -0.39 is 17.4 Å². The van der Waals surface area contributed by atoms with Crippen molar-refractivity contribution in [2.75, 3.05) is 0 Å². The number of carbonyl (C=O) groups excluding carboxylic acids is 1. The maximum absolute atomic E-state index is 13.9. The average molecular weight is 385 g/mol. The van der Waals surface area contributed by atoms with Crippen molar-refractivity contribution in [2.24, 2.45) is 0 Å². The number of amides is 1. The lowest BCUT2D eigenvalue weighted by Gasteiger charge is -2.27. The average Bonchev–Trinajstić information content (AvgIpc) is 3.43. The Kier molecular flexibility index (Phi) is 5.40. The summed E-state index contributed by atoms with van der Waals surface area (Å²) in [5, 5.41) is 8.93. The van der Waals surface area contributed by atoms with E-state index in [1.807, 2.05) is 45.0 Å². The molecule has 1 amide bonds. The fourth-order valence-corrected chi connectivity index (χ4v) is 2.92. The van der Waals surface area contributed by atoms with Crippen LogP contribution in [0.25, 0.3) is 11.1 Å². The summed E-state index contributed by atoms with van der Waals surface area (Å²) in [5.41, 5.74) is 1.43. The van der Waals surface area contributed by atoms with Gasteiger partial charge in [0.1, 0.15) is 11.4 Å². The first kappa shape index (κ1) is 19.9. The number of carboxylic acid groups (broad SMARTS) is 1. The predicted molar refractivity (Wildman–Crippen MR) is 104 cm³/mol. The summed E-state index contributed by atoms with van der Waals surface area (Å²) in [6.07, 6.45) is 1.64. The summed E-state index contributed by atoms with van der Waals surface area (Å²) in [4.78, 5) is 25.2. The van der Waals surface area contributed by atoms with Crippen molar-refractivity contribution in [3.05, 3.63) is 59.4 Å². The van der Waals surface area contributed by atoms with Crippen LogP contribution in [0.15, 0.2) is 42.5 Å². The summed E-state index contributed by atoms with van der Waals surface area (Å²) in [6, 6.07) is 11.7. The highest BCUT2D eigenvalue weighted by atomic mass is 19.1. The molecule has 0 saturated heterocycles. The van der Waals surface area contributed by atoms with E-state index in [9.17, 15) is 14.0 Å². The van der Waals surface area contributed by atoms with Crippen molar-refractivity contribution < 1.29 is 23.8 Å². The van der Waals surface area contributed by atoms with Gasteiger partial charge in [-0.3, -0.25) is 0 Å². The van der Waals surface area contributed by atoms with Crippen molar-refractivity contribution in [1.82, 2.24) is 4.90 Å². The van der Waals surface area contributed by atoms with Crippen LogP contribution in [0.5, 0.6) is 0 Å². The molecule has 1 saturated carbocycles. The summed E-state index contributed by atoms with van der Waals surface area (Å²) in [5.74, 6) is -2.05. The van der Waals surface area contributed by atoms with Gasteiger partial charge >= 0.3 is 12.1 Å². The summed E-state index contributed by atoms with van der Waals surface area (Å²) >= 11 is 0. The van der Waals surface area contributed by atoms with Gasteiger partial charge in [0.05, 0.1) is 5.56 Å². The Hall–Kier alpha value is -2.89. The maximum atomic E-state index is 13.9. The molecular weight excluding hydrogens is 361 g/mol. The molecule has 3 rings (SSSR count). The first-order chi connectivity index (χ1) is 13.1. The van der Waals surface area contributed by atoms with Gasteiger partial charge in [-0.15, -0.1) is 0 Å². The zero-order chi connectivity index (χ0) is 20.5. The number of hydrogen-bond donors (Lipinski definition) is 1. The van der Waals surface area contributed by atoms with Crippen LogP contribution in [-0.2, 0) is 11.3 Å². The number of ether oxygens (including phenoxy) is 1. The van der Waals surface area contributed by atoms with Crippen LogP contribution in [-0.4, -0.2) is 33.7 Å². The van der Waals surface area contributed by atoms with E-state index in [2.05, 4.69) is 0 Å². The standard InChI is InChI=1S/C22H24FNO4/c1-22(2,3)28-21(27)24(17-9-10-17)13-14-4-6-15(7-5-14)16-8-11-18(20(25)26)19(23)12-16/h4-8,11-12,17H,9-10,13H2,1-3H3,(H,25,26). The van der Waals surface area contributed by atoms with Crippen LogP contribution < -0.4 is 0 Å². The molecule has 6 heteroatoms.